The molecule has 0 spiro atoms. The summed E-state index contributed by atoms with van der Waals surface area (Å²) in [6, 6.07) is 9.90. The van der Waals surface area contributed by atoms with Crippen LogP contribution in [0, 0.1) is 0 Å². The molecule has 0 aromatic heterocycles. The first kappa shape index (κ1) is 28.2. The van der Waals surface area contributed by atoms with Crippen LogP contribution in [0.25, 0.3) is 6.08 Å². The molecule has 39 heavy (non-hydrogen) atoms. The van der Waals surface area contributed by atoms with Gasteiger partial charge in [0.1, 0.15) is 6.10 Å². The van der Waals surface area contributed by atoms with Crippen LogP contribution in [-0.4, -0.2) is 60.3 Å². The number of rotatable bonds is 11. The summed E-state index contributed by atoms with van der Waals surface area (Å²) in [5, 5.41) is 68.3. The minimum atomic E-state index is -1.65. The minimum Gasteiger partial charge on any atom is -0.504 e. The lowest BCUT2D eigenvalue weighted by atomic mass is 9.95. The van der Waals surface area contributed by atoms with E-state index in [9.17, 15) is 50.1 Å². The number of esters is 1. The van der Waals surface area contributed by atoms with Crippen LogP contribution in [0.1, 0.15) is 28.4 Å². The molecular formula is C27H24O12. The van der Waals surface area contributed by atoms with Gasteiger partial charge in [-0.15, -0.1) is 0 Å². The maximum atomic E-state index is 12.4. The van der Waals surface area contributed by atoms with Crippen molar-refractivity contribution in [3.8, 4) is 34.5 Å². The Morgan fingerprint density at radius 3 is 1.87 bits per heavy atom. The highest BCUT2D eigenvalue weighted by atomic mass is 16.6. The van der Waals surface area contributed by atoms with Gasteiger partial charge in [0.25, 0.3) is 6.47 Å². The van der Waals surface area contributed by atoms with Crippen molar-refractivity contribution in [2.24, 2.45) is 0 Å². The van der Waals surface area contributed by atoms with Gasteiger partial charge in [0.05, 0.1) is 0 Å². The Hall–Kier alpha value is -5.39. The number of benzene rings is 3. The average Bonchev–Trinajstić information content (AvgIpc) is 2.88. The van der Waals surface area contributed by atoms with Crippen molar-refractivity contribution < 1.29 is 59.6 Å². The zero-order valence-electron chi connectivity index (χ0n) is 20.1. The van der Waals surface area contributed by atoms with E-state index in [1.54, 1.807) is 0 Å². The molecule has 0 aliphatic rings. The van der Waals surface area contributed by atoms with E-state index in [2.05, 4.69) is 0 Å². The number of carboxylic acid groups (broad SMARTS) is 1. The molecule has 3 aromatic carbocycles. The fourth-order valence-electron chi connectivity index (χ4n) is 3.72. The molecule has 0 heterocycles. The van der Waals surface area contributed by atoms with E-state index >= 15 is 0 Å². The zero-order valence-corrected chi connectivity index (χ0v) is 20.1. The molecule has 12 nitrogen and oxygen atoms in total. The lowest BCUT2D eigenvalue weighted by Gasteiger charge is -2.20. The number of ether oxygens (including phenoxy) is 2. The highest BCUT2D eigenvalue weighted by Crippen LogP contribution is 2.39. The molecule has 0 saturated carbocycles. The number of phenolic OH excluding ortho intramolecular Hbond substituents is 6. The normalized spacial score (nSPS) is 12.5. The molecule has 3 aromatic rings. The average molecular weight is 540 g/mol. The van der Waals surface area contributed by atoms with Crippen molar-refractivity contribution in [3.05, 3.63) is 76.9 Å². The molecule has 204 valence electrons. The first-order valence-electron chi connectivity index (χ1n) is 11.3. The van der Waals surface area contributed by atoms with Gasteiger partial charge in [0, 0.05) is 24.5 Å². The summed E-state index contributed by atoms with van der Waals surface area (Å²) >= 11 is 0. The van der Waals surface area contributed by atoms with E-state index < -0.39 is 52.9 Å². The lowest BCUT2D eigenvalue weighted by Crippen LogP contribution is -2.28. The molecule has 2 atom stereocenters. The molecular weight excluding hydrogens is 516 g/mol. The number of aliphatic carboxylic acids is 1. The molecule has 0 saturated heterocycles. The summed E-state index contributed by atoms with van der Waals surface area (Å²) in [6.45, 7) is 0.106. The highest BCUT2D eigenvalue weighted by Gasteiger charge is 2.25. The smallest absolute Gasteiger partial charge is 0.345 e. The molecule has 7 N–H and O–H groups in total. The van der Waals surface area contributed by atoms with Crippen molar-refractivity contribution >= 4 is 24.5 Å². The van der Waals surface area contributed by atoms with Gasteiger partial charge in [0.15, 0.2) is 34.5 Å². The molecule has 0 aliphatic carbocycles. The van der Waals surface area contributed by atoms with Crippen LogP contribution in [0.15, 0.2) is 54.6 Å². The van der Waals surface area contributed by atoms with Crippen LogP contribution >= 0.6 is 0 Å². The maximum absolute atomic E-state index is 12.4. The Morgan fingerprint density at radius 1 is 0.769 bits per heavy atom. The topological polar surface area (TPSA) is 211 Å². The summed E-state index contributed by atoms with van der Waals surface area (Å²) in [4.78, 5) is 35.3. The predicted molar refractivity (Wildman–Crippen MR) is 133 cm³/mol. The number of carbonyl (C=O) groups is 3. The zero-order chi connectivity index (χ0) is 28.7. The standard InChI is InChI=1S/C27H24O12/c28-13-38-22(11-14-1-5-17(29)20(32)9-14)25-16(3-7-19(31)26(25)35)4-8-24(34)39-23(27(36)37)12-15-2-6-18(30)21(33)10-15/h1-10,13,22-23,29-33,35H,11-12H2,(H,36,37)/b8-4+. The van der Waals surface area contributed by atoms with Gasteiger partial charge >= 0.3 is 11.9 Å². The largest absolute Gasteiger partial charge is 0.504 e. The van der Waals surface area contributed by atoms with Gasteiger partial charge in [-0.05, 0) is 53.1 Å². The van der Waals surface area contributed by atoms with Gasteiger partial charge < -0.3 is 45.2 Å². The number of hydrogen-bond donors (Lipinski definition) is 7. The minimum absolute atomic E-state index is 0.104. The number of hydrogen-bond acceptors (Lipinski definition) is 11. The van der Waals surface area contributed by atoms with E-state index in [4.69, 9.17) is 9.47 Å². The van der Waals surface area contributed by atoms with Crippen LogP contribution in [0.4, 0.5) is 0 Å². The van der Waals surface area contributed by atoms with E-state index in [0.29, 0.717) is 5.56 Å². The summed E-state index contributed by atoms with van der Waals surface area (Å²) in [7, 11) is 0. The van der Waals surface area contributed by atoms with Crippen molar-refractivity contribution in [1.82, 2.24) is 0 Å². The molecule has 12 heteroatoms. The lowest BCUT2D eigenvalue weighted by molar-refractivity contribution is -0.160. The third kappa shape index (κ3) is 7.10. The van der Waals surface area contributed by atoms with Gasteiger partial charge in [-0.3, -0.25) is 4.79 Å². The molecule has 0 fully saturated rings. The third-order valence-corrected chi connectivity index (χ3v) is 5.63. The van der Waals surface area contributed by atoms with Crippen LogP contribution in [0.2, 0.25) is 0 Å². The molecule has 0 bridgehead atoms. The van der Waals surface area contributed by atoms with Crippen LogP contribution in [0.5, 0.6) is 34.5 Å². The second-order valence-corrected chi connectivity index (χ2v) is 8.31. The van der Waals surface area contributed by atoms with E-state index in [-0.39, 0.29) is 41.8 Å². The second kappa shape index (κ2) is 12.2. The number of carboxylic acids is 1. The van der Waals surface area contributed by atoms with Crippen molar-refractivity contribution in [3.63, 3.8) is 0 Å². The first-order chi connectivity index (χ1) is 18.5. The number of carbonyl (C=O) groups excluding carboxylic acids is 2. The van der Waals surface area contributed by atoms with E-state index in [0.717, 1.165) is 30.4 Å². The number of phenols is 6. The Bertz CT molecular complexity index is 1410. The fraction of sp³-hybridized carbons (Fsp3) is 0.148. The van der Waals surface area contributed by atoms with Crippen LogP contribution in [0.3, 0.4) is 0 Å². The van der Waals surface area contributed by atoms with Crippen molar-refractivity contribution in [2.75, 3.05) is 0 Å². The monoisotopic (exact) mass is 540 g/mol. The maximum Gasteiger partial charge on any atom is 0.345 e. The van der Waals surface area contributed by atoms with Crippen molar-refractivity contribution in [2.45, 2.75) is 25.0 Å². The first-order valence-corrected chi connectivity index (χ1v) is 11.3. The quantitative estimate of drug-likeness (QED) is 0.0809. The van der Waals surface area contributed by atoms with Crippen LogP contribution in [-0.2, 0) is 36.7 Å². The van der Waals surface area contributed by atoms with E-state index in [1.165, 1.54) is 30.3 Å². The molecule has 2 unspecified atom stereocenters. The Balaban J connectivity index is 1.86. The highest BCUT2D eigenvalue weighted by molar-refractivity contribution is 5.89. The molecule has 0 radical (unpaired) electrons. The van der Waals surface area contributed by atoms with Gasteiger partial charge in [-0.25, -0.2) is 9.59 Å². The molecule has 0 aliphatic heterocycles. The SMILES string of the molecule is O=COC(Cc1ccc(O)c(O)c1)c1c(/C=C/C(=O)OC(Cc2ccc(O)c(O)c2)C(=O)O)ccc(O)c1O. The number of aromatic hydroxyl groups is 6. The third-order valence-electron chi connectivity index (χ3n) is 5.63. The summed E-state index contributed by atoms with van der Waals surface area (Å²) in [5.74, 6) is -5.46. The Morgan fingerprint density at radius 2 is 1.33 bits per heavy atom. The van der Waals surface area contributed by atoms with E-state index in [1.807, 2.05) is 0 Å². The Kier molecular flexibility index (Phi) is 8.84. The summed E-state index contributed by atoms with van der Waals surface area (Å²) in [6.07, 6.45) is -1.28. The van der Waals surface area contributed by atoms with Crippen molar-refractivity contribution in [1.29, 1.82) is 0 Å². The Labute approximate surface area is 220 Å². The van der Waals surface area contributed by atoms with Gasteiger partial charge in [0.2, 0.25) is 6.10 Å². The van der Waals surface area contributed by atoms with Gasteiger partial charge in [-0.2, -0.15) is 0 Å². The molecule has 3 rings (SSSR count). The summed E-state index contributed by atoms with van der Waals surface area (Å²) < 4.78 is 10.1. The van der Waals surface area contributed by atoms with Gasteiger partial charge in [-0.1, -0.05) is 18.2 Å². The second-order valence-electron chi connectivity index (χ2n) is 8.31. The predicted octanol–water partition coefficient (Wildman–Crippen LogP) is 2.63. The summed E-state index contributed by atoms with van der Waals surface area (Å²) in [5.41, 5.74) is 0.661. The fourth-order valence-corrected chi connectivity index (χ4v) is 3.72. The molecule has 0 amide bonds. The van der Waals surface area contributed by atoms with Crippen LogP contribution < -0.4 is 0 Å².